The number of hydrogen-bond acceptors (Lipinski definition) is 6. The summed E-state index contributed by atoms with van der Waals surface area (Å²) >= 11 is 12.3. The molecule has 2 aromatic carbocycles. The summed E-state index contributed by atoms with van der Waals surface area (Å²) in [4.78, 5) is 28.4. The highest BCUT2D eigenvalue weighted by atomic mass is 35.5. The Labute approximate surface area is 247 Å². The minimum atomic E-state index is -4.80. The van der Waals surface area contributed by atoms with Crippen LogP contribution >= 0.6 is 23.2 Å². The second-order valence-electron chi connectivity index (χ2n) is 10.6. The van der Waals surface area contributed by atoms with Gasteiger partial charge in [0.2, 0.25) is 0 Å². The van der Waals surface area contributed by atoms with Crippen LogP contribution in [0.5, 0.6) is 0 Å². The Balaban J connectivity index is 1.78. The predicted molar refractivity (Wildman–Crippen MR) is 150 cm³/mol. The number of nitrogens with one attached hydrogen (secondary N) is 1. The topological polar surface area (TPSA) is 96.0 Å². The first-order valence-electron chi connectivity index (χ1n) is 12.8. The molecule has 1 heterocycles. The second kappa shape index (κ2) is 12.8. The maximum absolute atomic E-state index is 14.1. The van der Waals surface area contributed by atoms with Crippen LogP contribution in [0, 0.1) is 0 Å². The molecule has 1 fully saturated rings. The monoisotopic (exact) mass is 637 g/mol. The minimum Gasteiger partial charge on any atom is -0.444 e. The van der Waals surface area contributed by atoms with Crippen molar-refractivity contribution in [2.24, 2.45) is 0 Å². The van der Waals surface area contributed by atoms with Gasteiger partial charge in [-0.1, -0.05) is 30.1 Å². The fourth-order valence-corrected chi connectivity index (χ4v) is 5.83. The number of carbonyl (C=O) groups excluding carboxylic acids is 2. The van der Waals surface area contributed by atoms with Gasteiger partial charge >= 0.3 is 12.3 Å². The molecule has 1 aliphatic rings. The lowest BCUT2D eigenvalue weighted by Gasteiger charge is -2.36. The summed E-state index contributed by atoms with van der Waals surface area (Å²) in [5, 5.41) is 2.47. The molecule has 14 heteroatoms. The van der Waals surface area contributed by atoms with Crippen molar-refractivity contribution in [1.82, 2.24) is 15.1 Å². The van der Waals surface area contributed by atoms with Crippen molar-refractivity contribution < 1.29 is 35.9 Å². The van der Waals surface area contributed by atoms with Crippen LogP contribution in [-0.4, -0.2) is 67.8 Å². The van der Waals surface area contributed by atoms with Crippen LogP contribution in [0.2, 0.25) is 10.0 Å². The SMILES string of the molecule is CCS(=O)(=O)c1ccc(Cl)cc1CNC(=O)c1cc(Cl)c(CN2CCN(C(=O)OC(C)(C)C)CC2)c(C(F)(F)F)c1. The first-order chi connectivity index (χ1) is 18.9. The number of carbonyl (C=O) groups is 2. The van der Waals surface area contributed by atoms with Crippen molar-refractivity contribution in [1.29, 1.82) is 0 Å². The molecule has 0 saturated carbocycles. The largest absolute Gasteiger partial charge is 0.444 e. The molecule has 2 aromatic rings. The molecule has 8 nitrogen and oxygen atoms in total. The average Bonchev–Trinajstić information content (AvgIpc) is 2.86. The van der Waals surface area contributed by atoms with Gasteiger partial charge in [-0.15, -0.1) is 0 Å². The zero-order valence-corrected chi connectivity index (χ0v) is 25.4. The fraction of sp³-hybridized carbons (Fsp3) is 0.481. The van der Waals surface area contributed by atoms with Crippen LogP contribution < -0.4 is 5.32 Å². The molecule has 41 heavy (non-hydrogen) atoms. The van der Waals surface area contributed by atoms with E-state index in [1.807, 2.05) is 0 Å². The van der Waals surface area contributed by atoms with Crippen molar-refractivity contribution in [3.8, 4) is 0 Å². The maximum Gasteiger partial charge on any atom is 0.416 e. The lowest BCUT2D eigenvalue weighted by molar-refractivity contribution is -0.138. The van der Waals surface area contributed by atoms with Gasteiger partial charge in [-0.2, -0.15) is 13.2 Å². The summed E-state index contributed by atoms with van der Waals surface area (Å²) in [5.74, 6) is -1.05. The number of sulfone groups is 1. The first kappa shape index (κ1) is 33.0. The molecule has 0 aromatic heterocycles. The third-order valence-electron chi connectivity index (χ3n) is 6.35. The Hall–Kier alpha value is -2.54. The van der Waals surface area contributed by atoms with Crippen LogP contribution in [0.4, 0.5) is 18.0 Å². The van der Waals surface area contributed by atoms with Gasteiger partial charge in [-0.3, -0.25) is 9.69 Å². The molecule has 0 radical (unpaired) electrons. The Morgan fingerprint density at radius 1 is 1.02 bits per heavy atom. The molecule has 0 atom stereocenters. The summed E-state index contributed by atoms with van der Waals surface area (Å²) in [6.45, 7) is 7.44. The van der Waals surface area contributed by atoms with E-state index in [1.165, 1.54) is 30.0 Å². The second-order valence-corrected chi connectivity index (χ2v) is 13.7. The summed E-state index contributed by atoms with van der Waals surface area (Å²) in [6, 6.07) is 5.99. The smallest absolute Gasteiger partial charge is 0.416 e. The van der Waals surface area contributed by atoms with E-state index in [0.29, 0.717) is 13.1 Å². The summed E-state index contributed by atoms with van der Waals surface area (Å²) < 4.78 is 72.5. The highest BCUT2D eigenvalue weighted by Gasteiger charge is 2.36. The molecule has 0 aliphatic carbocycles. The standard InChI is InChI=1S/C27H32Cl2F3N3O5S/c1-5-41(38,39)23-7-6-19(28)12-18(23)15-33-24(36)17-13-21(27(30,31)32)20(22(29)14-17)16-34-8-10-35(11-9-34)25(37)40-26(2,3)4/h6-7,12-14H,5,8-11,15-16H2,1-4H3,(H,33,36). The van der Waals surface area contributed by atoms with E-state index in [4.69, 9.17) is 27.9 Å². The zero-order chi connectivity index (χ0) is 30.8. The van der Waals surface area contributed by atoms with Crippen molar-refractivity contribution in [2.45, 2.75) is 57.5 Å². The minimum absolute atomic E-state index is 0.0270. The molecule has 1 aliphatic heterocycles. The van der Waals surface area contributed by atoms with Gasteiger partial charge in [0.05, 0.1) is 16.2 Å². The van der Waals surface area contributed by atoms with E-state index in [2.05, 4.69) is 5.32 Å². The highest BCUT2D eigenvalue weighted by Crippen LogP contribution is 2.37. The van der Waals surface area contributed by atoms with E-state index in [9.17, 15) is 31.2 Å². The number of piperazine rings is 1. The molecular formula is C27H32Cl2F3N3O5S. The van der Waals surface area contributed by atoms with Crippen LogP contribution in [0.1, 0.15) is 54.7 Å². The summed E-state index contributed by atoms with van der Waals surface area (Å²) in [5.41, 5.74) is -2.03. The molecule has 0 spiro atoms. The lowest BCUT2D eigenvalue weighted by Crippen LogP contribution is -2.49. The van der Waals surface area contributed by atoms with Gasteiger partial charge in [0.15, 0.2) is 9.84 Å². The van der Waals surface area contributed by atoms with Gasteiger partial charge in [0, 0.05) is 54.9 Å². The molecule has 226 valence electrons. The van der Waals surface area contributed by atoms with E-state index < -0.39 is 39.2 Å². The van der Waals surface area contributed by atoms with Crippen LogP contribution in [0.3, 0.4) is 0 Å². The van der Waals surface area contributed by atoms with E-state index in [1.54, 1.807) is 25.7 Å². The molecule has 0 bridgehead atoms. The van der Waals surface area contributed by atoms with Crippen molar-refractivity contribution in [3.63, 3.8) is 0 Å². The van der Waals surface area contributed by atoms with Gasteiger partial charge in [-0.25, -0.2) is 13.2 Å². The lowest BCUT2D eigenvalue weighted by atomic mass is 10.0. The van der Waals surface area contributed by atoms with Crippen molar-refractivity contribution in [2.75, 3.05) is 31.9 Å². The number of amides is 2. The number of benzene rings is 2. The number of ether oxygens (including phenoxy) is 1. The number of nitrogens with zero attached hydrogens (tertiary/aromatic N) is 2. The summed E-state index contributed by atoms with van der Waals surface area (Å²) in [7, 11) is -3.64. The predicted octanol–water partition coefficient (Wildman–Crippen LogP) is 5.79. The van der Waals surface area contributed by atoms with Crippen molar-refractivity contribution in [3.05, 3.63) is 62.6 Å². The third-order valence-corrected chi connectivity index (χ3v) is 8.75. The third kappa shape index (κ3) is 8.73. The van der Waals surface area contributed by atoms with E-state index in [0.717, 1.165) is 12.1 Å². The number of alkyl halides is 3. The van der Waals surface area contributed by atoms with Crippen LogP contribution in [0.25, 0.3) is 0 Å². The number of hydrogen-bond donors (Lipinski definition) is 1. The van der Waals surface area contributed by atoms with Gasteiger partial charge < -0.3 is 15.0 Å². The molecule has 0 unspecified atom stereocenters. The zero-order valence-electron chi connectivity index (χ0n) is 23.1. The van der Waals surface area contributed by atoms with Gasteiger partial charge in [-0.05, 0) is 62.2 Å². The first-order valence-corrected chi connectivity index (χ1v) is 15.2. The fourth-order valence-electron chi connectivity index (χ4n) is 4.24. The van der Waals surface area contributed by atoms with Crippen LogP contribution in [-0.2, 0) is 33.8 Å². The quantitative estimate of drug-likeness (QED) is 0.413. The molecule has 2 amide bonds. The van der Waals surface area contributed by atoms with E-state index in [-0.39, 0.29) is 63.6 Å². The Morgan fingerprint density at radius 2 is 1.66 bits per heavy atom. The Bertz CT molecular complexity index is 1400. The average molecular weight is 639 g/mol. The Kier molecular flexibility index (Phi) is 10.3. The summed E-state index contributed by atoms with van der Waals surface area (Å²) in [6.07, 6.45) is -5.29. The highest BCUT2D eigenvalue weighted by molar-refractivity contribution is 7.91. The molecule has 1 N–H and O–H groups in total. The molecular weight excluding hydrogens is 606 g/mol. The van der Waals surface area contributed by atoms with Crippen molar-refractivity contribution >= 4 is 45.0 Å². The molecule has 3 rings (SSSR count). The van der Waals surface area contributed by atoms with Crippen LogP contribution in [0.15, 0.2) is 35.2 Å². The maximum atomic E-state index is 14.1. The Morgan fingerprint density at radius 3 is 2.22 bits per heavy atom. The number of rotatable bonds is 7. The number of halogens is 5. The van der Waals surface area contributed by atoms with Gasteiger partial charge in [0.1, 0.15) is 5.60 Å². The molecule has 1 saturated heterocycles. The van der Waals surface area contributed by atoms with Gasteiger partial charge in [0.25, 0.3) is 5.91 Å². The van der Waals surface area contributed by atoms with E-state index >= 15 is 0 Å². The normalized spacial score (nSPS) is 15.1.